The van der Waals surface area contributed by atoms with Crippen molar-refractivity contribution < 1.29 is 41.4 Å². The third kappa shape index (κ3) is 5.33. The maximum atomic E-state index is 13.0. The minimum Gasteiger partial charge on any atom is -0.396 e. The average Bonchev–Trinajstić information content (AvgIpc) is 2.64. The Morgan fingerprint density at radius 3 is 1.83 bits per heavy atom. The van der Waals surface area contributed by atoms with Gasteiger partial charge in [-0.05, 0) is 38.8 Å². The Hall–Kier alpha value is -2.01. The van der Waals surface area contributed by atoms with E-state index in [1.165, 1.54) is 9.80 Å². The largest absolute Gasteiger partial charge is 0.430 e. The van der Waals surface area contributed by atoms with Gasteiger partial charge in [-0.3, -0.25) is 4.90 Å². The molecule has 5 nitrogen and oxygen atoms in total. The van der Waals surface area contributed by atoms with Crippen molar-refractivity contribution in [3.05, 3.63) is 29.8 Å². The van der Waals surface area contributed by atoms with Gasteiger partial charge in [0, 0.05) is 37.5 Å². The van der Waals surface area contributed by atoms with Gasteiger partial charge in [0.05, 0.1) is 0 Å². The van der Waals surface area contributed by atoms with E-state index in [9.17, 15) is 36.2 Å². The van der Waals surface area contributed by atoms with E-state index >= 15 is 0 Å². The first-order valence-electron chi connectivity index (χ1n) is 8.98. The molecule has 0 bridgehead atoms. The molecular formula is C18H24F6N2O3. The van der Waals surface area contributed by atoms with E-state index in [4.69, 9.17) is 5.11 Å². The molecule has 0 aliphatic rings. The van der Waals surface area contributed by atoms with Crippen LogP contribution in [0.4, 0.5) is 36.8 Å². The molecule has 0 radical (unpaired) electrons. The van der Waals surface area contributed by atoms with Crippen LogP contribution in [0, 0.1) is 0 Å². The third-order valence-electron chi connectivity index (χ3n) is 4.45. The highest BCUT2D eigenvalue weighted by molar-refractivity contribution is 5.92. The second-order valence-electron chi connectivity index (χ2n) is 6.29. The molecule has 0 aliphatic carbocycles. The highest BCUT2D eigenvalue weighted by atomic mass is 19.4. The van der Waals surface area contributed by atoms with Gasteiger partial charge in [-0.15, -0.1) is 0 Å². The molecule has 0 atom stereocenters. The van der Waals surface area contributed by atoms with Crippen LogP contribution in [0.2, 0.25) is 0 Å². The predicted octanol–water partition coefficient (Wildman–Crippen LogP) is 4.04. The highest BCUT2D eigenvalue weighted by Gasteiger charge is 2.71. The summed E-state index contributed by atoms with van der Waals surface area (Å²) in [6, 6.07) is 2.41. The van der Waals surface area contributed by atoms with E-state index in [1.54, 1.807) is 13.8 Å². The molecule has 0 heterocycles. The van der Waals surface area contributed by atoms with Crippen molar-refractivity contribution in [3.63, 3.8) is 0 Å². The fourth-order valence-corrected chi connectivity index (χ4v) is 2.77. The number of aliphatic hydroxyl groups excluding tert-OH is 1. The lowest BCUT2D eigenvalue weighted by molar-refractivity contribution is -0.376. The number of aliphatic hydroxyl groups is 2. The Balaban J connectivity index is 3.18. The molecule has 1 rings (SSSR count). The Kier molecular flexibility index (Phi) is 8.34. The lowest BCUT2D eigenvalue weighted by Gasteiger charge is -2.33. The summed E-state index contributed by atoms with van der Waals surface area (Å²) in [5.41, 5.74) is -6.31. The Morgan fingerprint density at radius 2 is 1.45 bits per heavy atom. The normalized spacial score (nSPS) is 12.8. The zero-order valence-electron chi connectivity index (χ0n) is 16.0. The molecule has 2 N–H and O–H groups in total. The number of anilines is 1. The number of benzene rings is 1. The van der Waals surface area contributed by atoms with Crippen LogP contribution in [0.15, 0.2) is 24.3 Å². The van der Waals surface area contributed by atoms with Crippen molar-refractivity contribution in [2.24, 2.45) is 0 Å². The van der Waals surface area contributed by atoms with Crippen molar-refractivity contribution >= 4 is 11.7 Å². The number of hydrogen-bond donors (Lipinski definition) is 2. The minimum absolute atomic E-state index is 0.0357. The summed E-state index contributed by atoms with van der Waals surface area (Å²) in [5, 5.41) is 18.3. The zero-order chi connectivity index (χ0) is 22.5. The number of alkyl halides is 6. The topological polar surface area (TPSA) is 64.0 Å². The molecule has 0 fully saturated rings. The van der Waals surface area contributed by atoms with E-state index in [-0.39, 0.29) is 18.8 Å². The van der Waals surface area contributed by atoms with E-state index < -0.39 is 29.5 Å². The van der Waals surface area contributed by atoms with Crippen molar-refractivity contribution in [2.45, 2.75) is 44.6 Å². The second kappa shape index (κ2) is 9.66. The van der Waals surface area contributed by atoms with Crippen LogP contribution >= 0.6 is 0 Å². The van der Waals surface area contributed by atoms with Crippen LogP contribution in [-0.4, -0.2) is 59.7 Å². The molecule has 0 unspecified atom stereocenters. The molecule has 2 amide bonds. The molecule has 0 saturated heterocycles. The summed E-state index contributed by atoms with van der Waals surface area (Å²) < 4.78 is 77.9. The number of amides is 2. The smallest absolute Gasteiger partial charge is 0.396 e. The SMILES string of the molecule is CCN(CCCCO)C(=O)N(CC)c1ccc(C(O)(C(F)(F)F)C(F)(F)F)cc1. The summed E-state index contributed by atoms with van der Waals surface area (Å²) in [6.45, 7) is 4.09. The van der Waals surface area contributed by atoms with Crippen molar-refractivity contribution in [1.29, 1.82) is 0 Å². The first-order chi connectivity index (χ1) is 13.3. The maximum absolute atomic E-state index is 13.0. The molecule has 0 spiro atoms. The van der Waals surface area contributed by atoms with Gasteiger partial charge < -0.3 is 15.1 Å². The van der Waals surface area contributed by atoms with Gasteiger partial charge in [-0.25, -0.2) is 4.79 Å². The van der Waals surface area contributed by atoms with E-state index in [2.05, 4.69) is 0 Å². The fourth-order valence-electron chi connectivity index (χ4n) is 2.77. The molecule has 0 aromatic heterocycles. The number of urea groups is 1. The van der Waals surface area contributed by atoms with E-state index in [0.29, 0.717) is 38.1 Å². The first-order valence-corrected chi connectivity index (χ1v) is 8.98. The summed E-state index contributed by atoms with van der Waals surface area (Å²) in [4.78, 5) is 15.3. The number of nitrogens with zero attached hydrogens (tertiary/aromatic N) is 2. The molecule has 1 aromatic rings. The molecule has 0 aliphatic heterocycles. The molecule has 0 saturated carbocycles. The fraction of sp³-hybridized carbons (Fsp3) is 0.611. The van der Waals surface area contributed by atoms with Gasteiger partial charge in [0.2, 0.25) is 0 Å². The Morgan fingerprint density at radius 1 is 0.931 bits per heavy atom. The lowest BCUT2D eigenvalue weighted by Crippen LogP contribution is -2.53. The van der Waals surface area contributed by atoms with E-state index in [1.807, 2.05) is 0 Å². The quantitative estimate of drug-likeness (QED) is 0.483. The van der Waals surface area contributed by atoms with Crippen molar-refractivity contribution in [1.82, 2.24) is 4.90 Å². The van der Waals surface area contributed by atoms with Crippen LogP contribution in [0.5, 0.6) is 0 Å². The number of halogens is 6. The maximum Gasteiger partial charge on any atom is 0.430 e. The summed E-state index contributed by atoms with van der Waals surface area (Å²) in [5.74, 6) is 0. The molecule has 29 heavy (non-hydrogen) atoms. The van der Waals surface area contributed by atoms with Crippen LogP contribution in [-0.2, 0) is 5.60 Å². The predicted molar refractivity (Wildman–Crippen MR) is 94.4 cm³/mol. The molecule has 11 heteroatoms. The van der Waals surface area contributed by atoms with Gasteiger partial charge in [-0.1, -0.05) is 12.1 Å². The first kappa shape index (κ1) is 25.0. The van der Waals surface area contributed by atoms with Crippen LogP contribution in [0.25, 0.3) is 0 Å². The molecule has 1 aromatic carbocycles. The van der Waals surface area contributed by atoms with Gasteiger partial charge in [0.1, 0.15) is 0 Å². The number of carbonyl (C=O) groups is 1. The monoisotopic (exact) mass is 430 g/mol. The second-order valence-corrected chi connectivity index (χ2v) is 6.29. The van der Waals surface area contributed by atoms with Crippen molar-refractivity contribution in [3.8, 4) is 0 Å². The summed E-state index contributed by atoms with van der Waals surface area (Å²) >= 11 is 0. The molecular weight excluding hydrogens is 406 g/mol. The Labute approximate surface area is 164 Å². The Bertz CT molecular complexity index is 647. The van der Waals surface area contributed by atoms with Crippen LogP contribution in [0.3, 0.4) is 0 Å². The van der Waals surface area contributed by atoms with Crippen LogP contribution < -0.4 is 4.90 Å². The number of unbranched alkanes of at least 4 members (excludes halogenated alkanes) is 1. The average molecular weight is 430 g/mol. The number of carbonyl (C=O) groups excluding carboxylic acids is 1. The van der Waals surface area contributed by atoms with Gasteiger partial charge in [0.15, 0.2) is 0 Å². The van der Waals surface area contributed by atoms with E-state index in [0.717, 1.165) is 12.1 Å². The highest BCUT2D eigenvalue weighted by Crippen LogP contribution is 2.50. The van der Waals surface area contributed by atoms with Crippen molar-refractivity contribution in [2.75, 3.05) is 31.1 Å². The standard InChI is InChI=1S/C18H24F6N2O3/c1-3-25(11-5-6-12-27)15(28)26(4-2)14-9-7-13(8-10-14)16(29,17(19,20)21)18(22,23)24/h7-10,27,29H,3-6,11-12H2,1-2H3. The molecule has 166 valence electrons. The number of rotatable bonds is 8. The van der Waals surface area contributed by atoms with Gasteiger partial charge in [-0.2, -0.15) is 26.3 Å². The van der Waals surface area contributed by atoms with Gasteiger partial charge >= 0.3 is 18.4 Å². The summed E-state index contributed by atoms with van der Waals surface area (Å²) in [7, 11) is 0. The minimum atomic E-state index is -5.97. The summed E-state index contributed by atoms with van der Waals surface area (Å²) in [6.07, 6.45) is -10.9. The zero-order valence-corrected chi connectivity index (χ0v) is 16.0. The third-order valence-corrected chi connectivity index (χ3v) is 4.45. The number of hydrogen-bond acceptors (Lipinski definition) is 3. The van der Waals surface area contributed by atoms with Gasteiger partial charge in [0.25, 0.3) is 5.60 Å². The van der Waals surface area contributed by atoms with Crippen LogP contribution in [0.1, 0.15) is 32.3 Å². The lowest BCUT2D eigenvalue weighted by atomic mass is 9.92.